The Morgan fingerprint density at radius 2 is 2.19 bits per heavy atom. The van der Waals surface area contributed by atoms with Gasteiger partial charge in [-0.2, -0.15) is 4.98 Å². The normalized spacial score (nSPS) is 16.9. The summed E-state index contributed by atoms with van der Waals surface area (Å²) in [4.78, 5) is 11.6. The number of rotatable bonds is 7. The van der Waals surface area contributed by atoms with Crippen LogP contribution in [0, 0.1) is 5.82 Å². The van der Waals surface area contributed by atoms with Crippen molar-refractivity contribution in [3.8, 4) is 0 Å². The molecule has 1 atom stereocenters. The Hall–Kier alpha value is -2.41. The summed E-state index contributed by atoms with van der Waals surface area (Å²) in [7, 11) is 1.73. The standard InChI is InChI=1S/C19H26FN5O/c1-3-5-13-11-18(25-9-4-6-15(25)12-26-2)24-19(22-13)23-14-7-8-16(20)17(21)10-14/h7-8,10-11,15H,3-6,9,12,21H2,1-2H3,(H,22,23,24)/t15-/m0/s1. The molecular formula is C19H26FN5O. The summed E-state index contributed by atoms with van der Waals surface area (Å²) in [5.74, 6) is 0.969. The molecule has 2 heterocycles. The number of anilines is 4. The van der Waals surface area contributed by atoms with E-state index < -0.39 is 5.82 Å². The summed E-state index contributed by atoms with van der Waals surface area (Å²) in [5, 5.41) is 3.15. The van der Waals surface area contributed by atoms with Crippen molar-refractivity contribution in [2.45, 2.75) is 38.6 Å². The lowest BCUT2D eigenvalue weighted by Gasteiger charge is -2.26. The van der Waals surface area contributed by atoms with Crippen LogP contribution in [-0.2, 0) is 11.2 Å². The third-order valence-electron chi connectivity index (χ3n) is 4.55. The van der Waals surface area contributed by atoms with Gasteiger partial charge in [0.1, 0.15) is 11.6 Å². The second-order valence-electron chi connectivity index (χ2n) is 6.60. The molecule has 1 aromatic carbocycles. The van der Waals surface area contributed by atoms with Gasteiger partial charge in [0.2, 0.25) is 5.95 Å². The van der Waals surface area contributed by atoms with Gasteiger partial charge in [-0.05, 0) is 37.5 Å². The zero-order chi connectivity index (χ0) is 18.5. The number of nitrogens with two attached hydrogens (primary N) is 1. The molecule has 1 aliphatic rings. The van der Waals surface area contributed by atoms with Gasteiger partial charge in [-0.3, -0.25) is 0 Å². The van der Waals surface area contributed by atoms with Gasteiger partial charge in [-0.25, -0.2) is 9.37 Å². The number of aryl methyl sites for hydroxylation is 1. The minimum Gasteiger partial charge on any atom is -0.396 e. The number of nitrogens with one attached hydrogen (secondary N) is 1. The quantitative estimate of drug-likeness (QED) is 0.737. The van der Waals surface area contributed by atoms with E-state index in [1.807, 2.05) is 0 Å². The number of benzene rings is 1. The van der Waals surface area contributed by atoms with Crippen molar-refractivity contribution < 1.29 is 9.13 Å². The molecule has 0 saturated carbocycles. The van der Waals surface area contributed by atoms with Gasteiger partial charge in [-0.1, -0.05) is 13.3 Å². The second-order valence-corrected chi connectivity index (χ2v) is 6.60. The molecule has 7 heteroatoms. The minimum atomic E-state index is -0.434. The number of nitrogens with zero attached hydrogens (tertiary/aromatic N) is 3. The van der Waals surface area contributed by atoms with Crippen molar-refractivity contribution in [1.29, 1.82) is 0 Å². The molecule has 6 nitrogen and oxygen atoms in total. The van der Waals surface area contributed by atoms with Crippen molar-refractivity contribution >= 4 is 23.1 Å². The molecule has 0 aliphatic carbocycles. The van der Waals surface area contributed by atoms with Gasteiger partial charge in [0, 0.05) is 31.1 Å². The molecule has 0 spiro atoms. The molecule has 0 amide bonds. The molecule has 1 aromatic heterocycles. The maximum atomic E-state index is 13.4. The largest absolute Gasteiger partial charge is 0.396 e. The van der Waals surface area contributed by atoms with E-state index in [0.29, 0.717) is 24.3 Å². The maximum Gasteiger partial charge on any atom is 0.229 e. The number of hydrogen-bond donors (Lipinski definition) is 2. The summed E-state index contributed by atoms with van der Waals surface area (Å²) in [6.07, 6.45) is 4.09. The number of hydrogen-bond acceptors (Lipinski definition) is 6. The van der Waals surface area contributed by atoms with Crippen molar-refractivity contribution in [2.75, 3.05) is 36.2 Å². The first-order valence-corrected chi connectivity index (χ1v) is 9.06. The fourth-order valence-electron chi connectivity index (χ4n) is 3.32. The molecule has 1 aliphatic heterocycles. The van der Waals surface area contributed by atoms with Crippen molar-refractivity contribution in [2.24, 2.45) is 0 Å². The Morgan fingerprint density at radius 1 is 1.35 bits per heavy atom. The van der Waals surface area contributed by atoms with E-state index in [1.165, 1.54) is 6.07 Å². The average molecular weight is 359 g/mol. The fraction of sp³-hybridized carbons (Fsp3) is 0.474. The highest BCUT2D eigenvalue weighted by atomic mass is 19.1. The first-order valence-electron chi connectivity index (χ1n) is 9.06. The monoisotopic (exact) mass is 359 g/mol. The van der Waals surface area contributed by atoms with Crippen LogP contribution >= 0.6 is 0 Å². The van der Waals surface area contributed by atoms with Crippen LogP contribution in [0.3, 0.4) is 0 Å². The highest BCUT2D eigenvalue weighted by Crippen LogP contribution is 2.27. The molecule has 26 heavy (non-hydrogen) atoms. The highest BCUT2D eigenvalue weighted by Gasteiger charge is 2.26. The van der Waals surface area contributed by atoms with Gasteiger partial charge in [0.05, 0.1) is 18.3 Å². The molecule has 0 unspecified atom stereocenters. The van der Waals surface area contributed by atoms with E-state index in [4.69, 9.17) is 15.5 Å². The smallest absolute Gasteiger partial charge is 0.229 e. The Labute approximate surface area is 153 Å². The van der Waals surface area contributed by atoms with Gasteiger partial charge < -0.3 is 20.7 Å². The number of aromatic nitrogens is 2. The summed E-state index contributed by atoms with van der Waals surface area (Å²) in [6, 6.07) is 6.91. The Bertz CT molecular complexity index is 755. The number of ether oxygens (including phenoxy) is 1. The van der Waals surface area contributed by atoms with Crippen molar-refractivity contribution in [1.82, 2.24) is 9.97 Å². The molecule has 3 N–H and O–H groups in total. The summed E-state index contributed by atoms with van der Waals surface area (Å²) in [6.45, 7) is 3.77. The fourth-order valence-corrected chi connectivity index (χ4v) is 3.32. The molecule has 140 valence electrons. The zero-order valence-corrected chi connectivity index (χ0v) is 15.3. The number of halogens is 1. The third kappa shape index (κ3) is 4.22. The van der Waals surface area contributed by atoms with Crippen LogP contribution in [0.4, 0.5) is 27.5 Å². The lowest BCUT2D eigenvalue weighted by molar-refractivity contribution is 0.180. The summed E-state index contributed by atoms with van der Waals surface area (Å²) < 4.78 is 18.7. The van der Waals surface area contributed by atoms with Crippen LogP contribution in [0.2, 0.25) is 0 Å². The van der Waals surface area contributed by atoms with E-state index >= 15 is 0 Å². The zero-order valence-electron chi connectivity index (χ0n) is 15.3. The van der Waals surface area contributed by atoms with E-state index in [9.17, 15) is 4.39 Å². The number of methoxy groups -OCH3 is 1. The predicted molar refractivity (Wildman–Crippen MR) is 102 cm³/mol. The number of nitrogen functional groups attached to an aromatic ring is 1. The Kier molecular flexibility index (Phi) is 5.88. The molecule has 2 aromatic rings. The van der Waals surface area contributed by atoms with Gasteiger partial charge >= 0.3 is 0 Å². The molecule has 0 radical (unpaired) electrons. The van der Waals surface area contributed by atoms with Crippen molar-refractivity contribution in [3.63, 3.8) is 0 Å². The topological polar surface area (TPSA) is 76.3 Å². The third-order valence-corrected chi connectivity index (χ3v) is 4.55. The van der Waals surface area contributed by atoms with Crippen LogP contribution in [0.5, 0.6) is 0 Å². The Morgan fingerprint density at radius 3 is 2.92 bits per heavy atom. The minimum absolute atomic E-state index is 0.0969. The maximum absolute atomic E-state index is 13.4. The van der Waals surface area contributed by atoms with E-state index in [0.717, 1.165) is 43.7 Å². The molecule has 0 bridgehead atoms. The van der Waals surface area contributed by atoms with E-state index in [-0.39, 0.29) is 5.69 Å². The first kappa shape index (κ1) is 18.4. The molecular weight excluding hydrogens is 333 g/mol. The first-order chi connectivity index (χ1) is 12.6. The molecule has 1 saturated heterocycles. The van der Waals surface area contributed by atoms with Gasteiger partial charge in [0.25, 0.3) is 0 Å². The lowest BCUT2D eigenvalue weighted by atomic mass is 10.2. The van der Waals surface area contributed by atoms with Gasteiger partial charge in [-0.15, -0.1) is 0 Å². The van der Waals surface area contributed by atoms with E-state index in [2.05, 4.69) is 28.2 Å². The van der Waals surface area contributed by atoms with Crippen LogP contribution < -0.4 is 16.0 Å². The SMILES string of the molecule is CCCc1cc(N2CCC[C@H]2COC)nc(Nc2ccc(F)c(N)c2)n1. The van der Waals surface area contributed by atoms with Crippen LogP contribution in [0.25, 0.3) is 0 Å². The second kappa shape index (κ2) is 8.31. The summed E-state index contributed by atoms with van der Waals surface area (Å²) >= 11 is 0. The predicted octanol–water partition coefficient (Wildman–Crippen LogP) is 3.51. The molecule has 1 fully saturated rings. The van der Waals surface area contributed by atoms with Crippen LogP contribution in [0.15, 0.2) is 24.3 Å². The van der Waals surface area contributed by atoms with E-state index in [1.54, 1.807) is 19.2 Å². The van der Waals surface area contributed by atoms with Crippen LogP contribution in [-0.4, -0.2) is 36.3 Å². The molecule has 3 rings (SSSR count). The highest BCUT2D eigenvalue weighted by molar-refractivity contribution is 5.61. The summed E-state index contributed by atoms with van der Waals surface area (Å²) in [5.41, 5.74) is 7.40. The van der Waals surface area contributed by atoms with Crippen LogP contribution in [0.1, 0.15) is 31.9 Å². The lowest BCUT2D eigenvalue weighted by Crippen LogP contribution is -2.33. The average Bonchev–Trinajstić information content (AvgIpc) is 3.07. The van der Waals surface area contributed by atoms with Gasteiger partial charge in [0.15, 0.2) is 0 Å². The van der Waals surface area contributed by atoms with Crippen molar-refractivity contribution in [3.05, 3.63) is 35.8 Å². The Balaban J connectivity index is 1.89.